The molecule has 3 aromatic rings. The van der Waals surface area contributed by atoms with Crippen LogP contribution in [0, 0.1) is 5.82 Å². The summed E-state index contributed by atoms with van der Waals surface area (Å²) in [4.78, 5) is 32.3. The van der Waals surface area contributed by atoms with Gasteiger partial charge in [-0.1, -0.05) is 17.7 Å². The molecule has 0 aliphatic carbocycles. The van der Waals surface area contributed by atoms with Crippen molar-refractivity contribution in [2.75, 3.05) is 0 Å². The Bertz CT molecular complexity index is 937. The minimum Gasteiger partial charge on any atom is -0.336 e. The summed E-state index contributed by atoms with van der Waals surface area (Å²) in [6.07, 6.45) is 0.0911. The van der Waals surface area contributed by atoms with E-state index in [4.69, 9.17) is 11.6 Å². The summed E-state index contributed by atoms with van der Waals surface area (Å²) >= 11 is 5.96. The molecule has 0 bridgehead atoms. The number of nitrogens with one attached hydrogen (secondary N) is 2. The van der Waals surface area contributed by atoms with E-state index in [0.29, 0.717) is 5.82 Å². The van der Waals surface area contributed by atoms with Gasteiger partial charge in [-0.05, 0) is 12.1 Å². The maximum Gasteiger partial charge on any atom is 0.329 e. The van der Waals surface area contributed by atoms with E-state index < -0.39 is 17.1 Å². The highest BCUT2D eigenvalue weighted by Gasteiger charge is 2.14. The second-order valence-electron chi connectivity index (χ2n) is 4.58. The number of fused-ring (bicyclic) bond motifs is 1. The normalized spacial score (nSPS) is 11.2. The Labute approximate surface area is 122 Å². The maximum atomic E-state index is 13.8. The molecule has 0 unspecified atom stereocenters. The van der Waals surface area contributed by atoms with Crippen LogP contribution in [0.4, 0.5) is 4.39 Å². The molecule has 8 heteroatoms. The summed E-state index contributed by atoms with van der Waals surface area (Å²) < 4.78 is 15.0. The fourth-order valence-corrected chi connectivity index (χ4v) is 2.33. The smallest absolute Gasteiger partial charge is 0.329 e. The summed E-state index contributed by atoms with van der Waals surface area (Å²) in [5.41, 5.74) is -0.466. The van der Waals surface area contributed by atoms with Gasteiger partial charge in [0.1, 0.15) is 17.2 Å². The monoisotopic (exact) mass is 308 g/mol. The third kappa shape index (κ3) is 2.25. The van der Waals surface area contributed by atoms with Crippen LogP contribution >= 0.6 is 11.6 Å². The van der Waals surface area contributed by atoms with Gasteiger partial charge in [-0.2, -0.15) is 0 Å². The molecule has 0 atom stereocenters. The van der Waals surface area contributed by atoms with Crippen LogP contribution in [0.15, 0.2) is 27.8 Å². The molecule has 21 heavy (non-hydrogen) atoms. The minimum atomic E-state index is -0.563. The van der Waals surface area contributed by atoms with Gasteiger partial charge in [-0.3, -0.25) is 14.3 Å². The van der Waals surface area contributed by atoms with E-state index in [1.165, 1.54) is 23.7 Å². The number of aryl methyl sites for hydroxylation is 1. The van der Waals surface area contributed by atoms with Crippen LogP contribution in [0.3, 0.4) is 0 Å². The first kappa shape index (κ1) is 13.6. The molecular weight excluding hydrogens is 299 g/mol. The van der Waals surface area contributed by atoms with E-state index in [0.717, 1.165) is 0 Å². The lowest BCUT2D eigenvalue weighted by Gasteiger charge is -2.02. The molecule has 6 nitrogen and oxygen atoms in total. The van der Waals surface area contributed by atoms with E-state index in [1.807, 2.05) is 0 Å². The van der Waals surface area contributed by atoms with E-state index in [2.05, 4.69) is 15.0 Å². The summed E-state index contributed by atoms with van der Waals surface area (Å²) in [6.45, 7) is 0. The van der Waals surface area contributed by atoms with E-state index in [1.54, 1.807) is 6.07 Å². The van der Waals surface area contributed by atoms with Crippen LogP contribution in [0.1, 0.15) is 11.4 Å². The Morgan fingerprint density at radius 2 is 2.10 bits per heavy atom. The number of nitrogens with zero attached hydrogens (tertiary/aromatic N) is 2. The van der Waals surface area contributed by atoms with Crippen LogP contribution in [0.2, 0.25) is 5.02 Å². The summed E-state index contributed by atoms with van der Waals surface area (Å²) in [6, 6.07) is 4.38. The predicted molar refractivity (Wildman–Crippen MR) is 76.2 cm³/mol. The summed E-state index contributed by atoms with van der Waals surface area (Å²) in [5, 5.41) is 0.276. The number of rotatable bonds is 2. The van der Waals surface area contributed by atoms with Gasteiger partial charge in [-0.25, -0.2) is 14.2 Å². The zero-order valence-corrected chi connectivity index (χ0v) is 11.7. The first-order valence-corrected chi connectivity index (χ1v) is 6.46. The predicted octanol–water partition coefficient (Wildman–Crippen LogP) is 1.33. The molecule has 1 aromatic carbocycles. The van der Waals surface area contributed by atoms with Crippen molar-refractivity contribution in [1.82, 2.24) is 19.5 Å². The van der Waals surface area contributed by atoms with Crippen molar-refractivity contribution in [3.05, 3.63) is 61.3 Å². The van der Waals surface area contributed by atoms with Crippen LogP contribution in [0.5, 0.6) is 0 Å². The summed E-state index contributed by atoms with van der Waals surface area (Å²) in [7, 11) is 1.49. The number of halogens is 2. The van der Waals surface area contributed by atoms with E-state index >= 15 is 0 Å². The molecule has 0 saturated heterocycles. The highest BCUT2D eigenvalue weighted by atomic mass is 35.5. The second-order valence-corrected chi connectivity index (χ2v) is 4.98. The van der Waals surface area contributed by atoms with Crippen molar-refractivity contribution in [3.63, 3.8) is 0 Å². The molecule has 0 amide bonds. The molecule has 3 rings (SSSR count). The number of imidazole rings is 1. The van der Waals surface area contributed by atoms with Crippen molar-refractivity contribution in [2.24, 2.45) is 7.05 Å². The Hall–Kier alpha value is -2.41. The van der Waals surface area contributed by atoms with Crippen LogP contribution in [0.25, 0.3) is 11.2 Å². The third-order valence-corrected chi connectivity index (χ3v) is 3.56. The van der Waals surface area contributed by atoms with E-state index in [-0.39, 0.29) is 28.2 Å². The van der Waals surface area contributed by atoms with Gasteiger partial charge in [0.2, 0.25) is 0 Å². The summed E-state index contributed by atoms with van der Waals surface area (Å²) in [5.74, 6) is -0.102. The SMILES string of the molecule is Cn1c(=O)[nH]c(=O)c2[nH]c(Cc3c(F)cccc3Cl)nc21. The van der Waals surface area contributed by atoms with Gasteiger partial charge in [0.05, 0.1) is 0 Å². The average Bonchev–Trinajstić information content (AvgIpc) is 2.85. The van der Waals surface area contributed by atoms with Gasteiger partial charge in [0, 0.05) is 24.1 Å². The Balaban J connectivity index is 2.15. The number of hydrogen-bond donors (Lipinski definition) is 2. The standard InChI is InChI=1S/C13H10ClFN4O2/c1-19-11-10(12(20)18-13(19)21)16-9(17-11)5-6-7(14)3-2-4-8(6)15/h2-4H,5H2,1H3,(H,16,17)(H,18,20,21). The quantitative estimate of drug-likeness (QED) is 0.749. The highest BCUT2D eigenvalue weighted by molar-refractivity contribution is 6.31. The van der Waals surface area contributed by atoms with Crippen molar-refractivity contribution < 1.29 is 4.39 Å². The molecule has 0 saturated carbocycles. The molecule has 2 aromatic heterocycles. The number of aromatic nitrogens is 4. The second kappa shape index (κ2) is 4.85. The van der Waals surface area contributed by atoms with Crippen LogP contribution < -0.4 is 11.2 Å². The Kier molecular flexibility index (Phi) is 3.13. The van der Waals surface area contributed by atoms with Crippen molar-refractivity contribution >= 4 is 22.8 Å². The van der Waals surface area contributed by atoms with Crippen molar-refractivity contribution in [3.8, 4) is 0 Å². The number of benzene rings is 1. The fraction of sp³-hybridized carbons (Fsp3) is 0.154. The highest BCUT2D eigenvalue weighted by Crippen LogP contribution is 2.21. The molecule has 2 N–H and O–H groups in total. The van der Waals surface area contributed by atoms with Gasteiger partial charge in [-0.15, -0.1) is 0 Å². The van der Waals surface area contributed by atoms with Crippen LogP contribution in [-0.4, -0.2) is 19.5 Å². The fourth-order valence-electron chi connectivity index (χ4n) is 2.10. The van der Waals surface area contributed by atoms with Gasteiger partial charge in [0.15, 0.2) is 5.65 Å². The van der Waals surface area contributed by atoms with Gasteiger partial charge >= 0.3 is 5.69 Å². The van der Waals surface area contributed by atoms with Crippen molar-refractivity contribution in [1.29, 1.82) is 0 Å². The molecular formula is C13H10ClFN4O2. The zero-order valence-electron chi connectivity index (χ0n) is 10.9. The Morgan fingerprint density at radius 3 is 2.81 bits per heavy atom. The molecule has 0 aliphatic heterocycles. The molecule has 108 valence electrons. The van der Waals surface area contributed by atoms with Gasteiger partial charge in [0.25, 0.3) is 5.56 Å². The Morgan fingerprint density at radius 1 is 1.33 bits per heavy atom. The lowest BCUT2D eigenvalue weighted by molar-refractivity contribution is 0.612. The lowest BCUT2D eigenvalue weighted by Crippen LogP contribution is -2.28. The molecule has 0 fully saturated rings. The number of H-pyrrole nitrogens is 2. The zero-order chi connectivity index (χ0) is 15.1. The first-order chi connectivity index (χ1) is 9.97. The van der Waals surface area contributed by atoms with E-state index in [9.17, 15) is 14.0 Å². The minimum absolute atomic E-state index is 0.0911. The molecule has 2 heterocycles. The first-order valence-electron chi connectivity index (χ1n) is 6.08. The molecule has 0 aliphatic rings. The number of aromatic amines is 2. The largest absolute Gasteiger partial charge is 0.336 e. The van der Waals surface area contributed by atoms with Crippen molar-refractivity contribution in [2.45, 2.75) is 6.42 Å². The lowest BCUT2D eigenvalue weighted by atomic mass is 10.1. The number of hydrogen-bond acceptors (Lipinski definition) is 3. The average molecular weight is 309 g/mol. The molecule has 0 radical (unpaired) electrons. The maximum absolute atomic E-state index is 13.8. The van der Waals surface area contributed by atoms with Gasteiger partial charge < -0.3 is 4.98 Å². The van der Waals surface area contributed by atoms with Crippen LogP contribution in [-0.2, 0) is 13.5 Å². The topological polar surface area (TPSA) is 83.5 Å². The third-order valence-electron chi connectivity index (χ3n) is 3.21. The molecule has 0 spiro atoms.